The molecule has 3 heterocycles. The van der Waals surface area contributed by atoms with Crippen molar-refractivity contribution >= 4 is 5.91 Å². The predicted octanol–water partition coefficient (Wildman–Crippen LogP) is 2.86. The summed E-state index contributed by atoms with van der Waals surface area (Å²) < 4.78 is 5.33. The number of H-pyrrole nitrogens is 1. The summed E-state index contributed by atoms with van der Waals surface area (Å²) in [4.78, 5) is 24.5. The highest BCUT2D eigenvalue weighted by Crippen LogP contribution is 2.29. The Morgan fingerprint density at radius 1 is 1.27 bits per heavy atom. The molecule has 132 valence electrons. The van der Waals surface area contributed by atoms with E-state index in [4.69, 9.17) is 4.74 Å². The number of benzene rings is 1. The van der Waals surface area contributed by atoms with Crippen molar-refractivity contribution in [2.45, 2.75) is 19.3 Å². The van der Waals surface area contributed by atoms with E-state index in [1.807, 2.05) is 31.2 Å². The first-order valence-electron chi connectivity index (χ1n) is 8.57. The zero-order valence-corrected chi connectivity index (χ0v) is 14.7. The van der Waals surface area contributed by atoms with Gasteiger partial charge in [-0.15, -0.1) is 0 Å². The molecule has 0 fully saturated rings. The first-order chi connectivity index (χ1) is 12.7. The second-order valence-corrected chi connectivity index (χ2v) is 6.49. The molecular formula is C20H20N4O2. The molecule has 1 aliphatic heterocycles. The Balaban J connectivity index is 1.71. The molecule has 4 rings (SSSR count). The molecule has 0 saturated heterocycles. The Morgan fingerprint density at radius 3 is 2.96 bits per heavy atom. The van der Waals surface area contributed by atoms with Crippen molar-refractivity contribution in [3.63, 3.8) is 0 Å². The van der Waals surface area contributed by atoms with Gasteiger partial charge in [0.2, 0.25) is 0 Å². The van der Waals surface area contributed by atoms with Crippen LogP contribution in [0, 0.1) is 6.92 Å². The number of hydrogen-bond acceptors (Lipinski definition) is 4. The van der Waals surface area contributed by atoms with E-state index >= 15 is 0 Å². The minimum atomic E-state index is -0.139. The SMILES string of the molecule is COc1cccc([C@H]2CNC(=O)c3nc(-c4ccncc4C)[nH]c3C2)c1. The smallest absolute Gasteiger partial charge is 0.271 e. The normalized spacial score (nSPS) is 16.5. The van der Waals surface area contributed by atoms with Crippen LogP contribution in [0.1, 0.15) is 33.2 Å². The lowest BCUT2D eigenvalue weighted by Crippen LogP contribution is -2.26. The van der Waals surface area contributed by atoms with E-state index in [0.29, 0.717) is 24.5 Å². The molecule has 6 nitrogen and oxygen atoms in total. The van der Waals surface area contributed by atoms with Crippen molar-refractivity contribution in [3.05, 3.63) is 65.2 Å². The van der Waals surface area contributed by atoms with Gasteiger partial charge < -0.3 is 15.0 Å². The highest BCUT2D eigenvalue weighted by atomic mass is 16.5. The molecule has 0 saturated carbocycles. The zero-order valence-electron chi connectivity index (χ0n) is 14.7. The number of ether oxygens (including phenoxy) is 1. The van der Waals surface area contributed by atoms with Gasteiger partial charge in [-0.25, -0.2) is 4.98 Å². The maximum atomic E-state index is 12.5. The number of nitrogens with one attached hydrogen (secondary N) is 2. The molecular weight excluding hydrogens is 328 g/mol. The largest absolute Gasteiger partial charge is 0.497 e. The highest BCUT2D eigenvalue weighted by Gasteiger charge is 2.27. The van der Waals surface area contributed by atoms with E-state index in [1.165, 1.54) is 0 Å². The lowest BCUT2D eigenvalue weighted by atomic mass is 9.94. The standard InChI is InChI=1S/C20H20N4O2/c1-12-10-21-7-6-16(12)19-23-17-9-14(11-22-20(25)18(17)24-19)13-4-3-5-15(8-13)26-2/h3-8,10,14H,9,11H2,1-2H3,(H,22,25)(H,23,24)/t14-/m1/s1. The van der Waals surface area contributed by atoms with Crippen molar-refractivity contribution in [3.8, 4) is 17.1 Å². The van der Waals surface area contributed by atoms with Gasteiger partial charge in [-0.1, -0.05) is 12.1 Å². The third kappa shape index (κ3) is 2.94. The number of hydrogen-bond donors (Lipinski definition) is 2. The quantitative estimate of drug-likeness (QED) is 0.763. The molecule has 26 heavy (non-hydrogen) atoms. The summed E-state index contributed by atoms with van der Waals surface area (Å²) in [5.74, 6) is 1.54. The minimum absolute atomic E-state index is 0.139. The van der Waals surface area contributed by atoms with Crippen LogP contribution in [-0.2, 0) is 6.42 Å². The van der Waals surface area contributed by atoms with Crippen molar-refractivity contribution < 1.29 is 9.53 Å². The number of carbonyl (C=O) groups is 1. The monoisotopic (exact) mass is 348 g/mol. The fourth-order valence-corrected chi connectivity index (χ4v) is 3.36. The lowest BCUT2D eigenvalue weighted by molar-refractivity contribution is 0.0950. The summed E-state index contributed by atoms with van der Waals surface area (Å²) in [6, 6.07) is 9.89. The van der Waals surface area contributed by atoms with Crippen LogP contribution in [0.4, 0.5) is 0 Å². The predicted molar refractivity (Wildman–Crippen MR) is 98.3 cm³/mol. The van der Waals surface area contributed by atoms with E-state index in [2.05, 4.69) is 26.3 Å². The number of imidazole rings is 1. The number of aromatic amines is 1. The number of aryl methyl sites for hydroxylation is 1. The average Bonchev–Trinajstić information content (AvgIpc) is 3.02. The molecule has 1 aromatic carbocycles. The van der Waals surface area contributed by atoms with Crippen molar-refractivity contribution in [2.75, 3.05) is 13.7 Å². The van der Waals surface area contributed by atoms with Gasteiger partial charge in [0.15, 0.2) is 0 Å². The van der Waals surface area contributed by atoms with Gasteiger partial charge in [-0.05, 0) is 42.7 Å². The Kier molecular flexibility index (Phi) is 4.16. The molecule has 1 aliphatic rings. The topological polar surface area (TPSA) is 79.9 Å². The molecule has 6 heteroatoms. The first kappa shape index (κ1) is 16.3. The third-order valence-electron chi connectivity index (χ3n) is 4.79. The zero-order chi connectivity index (χ0) is 18.1. The number of pyridine rings is 1. The van der Waals surface area contributed by atoms with Gasteiger partial charge in [0.05, 0.1) is 7.11 Å². The summed E-state index contributed by atoms with van der Waals surface area (Å²) >= 11 is 0. The Morgan fingerprint density at radius 2 is 2.15 bits per heavy atom. The summed E-state index contributed by atoms with van der Waals surface area (Å²) in [6.45, 7) is 2.55. The number of fused-ring (bicyclic) bond motifs is 1. The fraction of sp³-hybridized carbons (Fsp3) is 0.250. The van der Waals surface area contributed by atoms with Crippen LogP contribution in [0.3, 0.4) is 0 Å². The maximum Gasteiger partial charge on any atom is 0.271 e. The van der Waals surface area contributed by atoms with Crippen LogP contribution < -0.4 is 10.1 Å². The molecule has 0 unspecified atom stereocenters. The van der Waals surface area contributed by atoms with E-state index in [1.54, 1.807) is 19.5 Å². The molecule has 0 radical (unpaired) electrons. The maximum absolute atomic E-state index is 12.5. The summed E-state index contributed by atoms with van der Waals surface area (Å²) in [5, 5.41) is 2.99. The number of carbonyl (C=O) groups excluding carboxylic acids is 1. The van der Waals surface area contributed by atoms with E-state index in [-0.39, 0.29) is 11.8 Å². The summed E-state index contributed by atoms with van der Waals surface area (Å²) in [7, 11) is 1.66. The van der Waals surface area contributed by atoms with E-state index in [9.17, 15) is 4.79 Å². The molecule has 1 atom stereocenters. The van der Waals surface area contributed by atoms with Crippen LogP contribution in [0.2, 0.25) is 0 Å². The summed E-state index contributed by atoms with van der Waals surface area (Å²) in [5.41, 5.74) is 4.44. The Bertz CT molecular complexity index is 964. The van der Waals surface area contributed by atoms with Gasteiger partial charge in [0.25, 0.3) is 5.91 Å². The van der Waals surface area contributed by atoms with Crippen LogP contribution in [0.25, 0.3) is 11.4 Å². The van der Waals surface area contributed by atoms with Crippen molar-refractivity contribution in [2.24, 2.45) is 0 Å². The molecule has 1 amide bonds. The Hall–Kier alpha value is -3.15. The lowest BCUT2D eigenvalue weighted by Gasteiger charge is -2.15. The van der Waals surface area contributed by atoms with Gasteiger partial charge >= 0.3 is 0 Å². The molecule has 2 N–H and O–H groups in total. The second-order valence-electron chi connectivity index (χ2n) is 6.49. The highest BCUT2D eigenvalue weighted by molar-refractivity contribution is 5.94. The minimum Gasteiger partial charge on any atom is -0.497 e. The summed E-state index contributed by atoms with van der Waals surface area (Å²) in [6.07, 6.45) is 4.23. The van der Waals surface area contributed by atoms with Crippen LogP contribution in [0.15, 0.2) is 42.7 Å². The number of aromatic nitrogens is 3. The van der Waals surface area contributed by atoms with Crippen LogP contribution >= 0.6 is 0 Å². The van der Waals surface area contributed by atoms with Crippen LogP contribution in [0.5, 0.6) is 5.75 Å². The van der Waals surface area contributed by atoms with Crippen LogP contribution in [-0.4, -0.2) is 34.5 Å². The van der Waals surface area contributed by atoms with Gasteiger partial charge in [-0.3, -0.25) is 9.78 Å². The molecule has 0 spiro atoms. The number of rotatable bonds is 3. The molecule has 0 aliphatic carbocycles. The van der Waals surface area contributed by atoms with Crippen molar-refractivity contribution in [1.29, 1.82) is 0 Å². The third-order valence-corrected chi connectivity index (χ3v) is 4.79. The van der Waals surface area contributed by atoms with Gasteiger partial charge in [0, 0.05) is 36.1 Å². The Labute approximate surface area is 151 Å². The van der Waals surface area contributed by atoms with Crippen molar-refractivity contribution in [1.82, 2.24) is 20.3 Å². The molecule has 2 aromatic heterocycles. The number of nitrogens with zero attached hydrogens (tertiary/aromatic N) is 2. The van der Waals surface area contributed by atoms with E-state index in [0.717, 1.165) is 28.1 Å². The van der Waals surface area contributed by atoms with Gasteiger partial charge in [0.1, 0.15) is 17.3 Å². The second kappa shape index (κ2) is 6.63. The average molecular weight is 348 g/mol. The molecule has 0 bridgehead atoms. The number of methoxy groups -OCH3 is 1. The fourth-order valence-electron chi connectivity index (χ4n) is 3.36. The first-order valence-corrected chi connectivity index (χ1v) is 8.57. The number of amides is 1. The molecule has 3 aromatic rings. The van der Waals surface area contributed by atoms with Gasteiger partial charge in [-0.2, -0.15) is 0 Å². The van der Waals surface area contributed by atoms with E-state index < -0.39 is 0 Å².